The molecule has 25 heavy (non-hydrogen) atoms. The normalized spacial score (nSPS) is 17.4. The summed E-state index contributed by atoms with van der Waals surface area (Å²) >= 11 is 0. The number of H-pyrrole nitrogens is 1. The summed E-state index contributed by atoms with van der Waals surface area (Å²) in [5, 5.41) is 1.14. The molecule has 1 unspecified atom stereocenters. The minimum atomic E-state index is -0.321. The summed E-state index contributed by atoms with van der Waals surface area (Å²) in [5.74, 6) is 0.242. The highest BCUT2D eigenvalue weighted by Gasteiger charge is 2.22. The van der Waals surface area contributed by atoms with Crippen LogP contribution in [0.15, 0.2) is 24.4 Å². The molecule has 3 rings (SSSR count). The molecule has 0 bridgehead atoms. The molecule has 1 fully saturated rings. The number of halogens is 1. The van der Waals surface area contributed by atoms with Gasteiger partial charge in [-0.2, -0.15) is 0 Å². The molecule has 5 nitrogen and oxygen atoms in total. The van der Waals surface area contributed by atoms with E-state index >= 15 is 0 Å². The SMILES string of the molecule is CCCCC(=O)OOc1ccc2[nH]cc(CC3CCCN3C)c2c1.Cl. The Bertz CT molecular complexity index is 701. The lowest BCUT2D eigenvalue weighted by Crippen LogP contribution is -2.26. The van der Waals surface area contributed by atoms with Crippen molar-refractivity contribution in [1.82, 2.24) is 9.88 Å². The Balaban J connectivity index is 0.00000225. The van der Waals surface area contributed by atoms with Crippen LogP contribution in [0.2, 0.25) is 0 Å². The number of fused-ring (bicyclic) bond motifs is 1. The number of aromatic nitrogens is 1. The predicted octanol–water partition coefficient (Wildman–Crippen LogP) is 4.25. The zero-order valence-electron chi connectivity index (χ0n) is 14.9. The van der Waals surface area contributed by atoms with Gasteiger partial charge in [0.1, 0.15) is 0 Å². The molecule has 2 heterocycles. The van der Waals surface area contributed by atoms with Crippen molar-refractivity contribution in [3.63, 3.8) is 0 Å². The van der Waals surface area contributed by atoms with Gasteiger partial charge in [0, 0.05) is 23.1 Å². The third kappa shape index (κ3) is 4.89. The number of carbonyl (C=O) groups excluding carboxylic acids is 1. The van der Waals surface area contributed by atoms with Crippen LogP contribution in [0, 0.1) is 0 Å². The highest BCUT2D eigenvalue weighted by atomic mass is 35.5. The van der Waals surface area contributed by atoms with E-state index in [1.807, 2.05) is 25.1 Å². The Labute approximate surface area is 155 Å². The predicted molar refractivity (Wildman–Crippen MR) is 101 cm³/mol. The minimum absolute atomic E-state index is 0. The molecule has 0 amide bonds. The Morgan fingerprint density at radius 1 is 1.40 bits per heavy atom. The number of aromatic amines is 1. The number of likely N-dealkylation sites (N-methyl/N-ethyl adjacent to an activating group) is 1. The first kappa shape index (κ1) is 19.6. The molecule has 2 aromatic rings. The fraction of sp³-hybridized carbons (Fsp3) is 0.526. The quantitative estimate of drug-likeness (QED) is 0.587. The van der Waals surface area contributed by atoms with Crippen molar-refractivity contribution in [2.24, 2.45) is 0 Å². The maximum absolute atomic E-state index is 11.6. The van der Waals surface area contributed by atoms with Gasteiger partial charge < -0.3 is 9.88 Å². The van der Waals surface area contributed by atoms with Gasteiger partial charge in [0.25, 0.3) is 0 Å². The van der Waals surface area contributed by atoms with Crippen LogP contribution >= 0.6 is 12.4 Å². The number of likely N-dealkylation sites (tertiary alicyclic amines) is 1. The molecule has 138 valence electrons. The largest absolute Gasteiger partial charge is 0.361 e. The maximum atomic E-state index is 11.6. The second kappa shape index (κ2) is 9.11. The van der Waals surface area contributed by atoms with E-state index in [1.165, 1.54) is 24.9 Å². The van der Waals surface area contributed by atoms with Crippen molar-refractivity contribution < 1.29 is 14.6 Å². The molecular weight excluding hydrogens is 340 g/mol. The smallest absolute Gasteiger partial charge is 0.355 e. The van der Waals surface area contributed by atoms with E-state index in [2.05, 4.69) is 23.1 Å². The summed E-state index contributed by atoms with van der Waals surface area (Å²) in [6.07, 6.45) is 7.79. The standard InChI is InChI=1S/C19H26N2O3.ClH/c1-3-4-7-19(22)24-23-16-8-9-18-17(12-16)14(13-20-18)11-15-6-5-10-21(15)2;/h8-9,12-13,15,20H,3-7,10-11H2,1-2H3;1H. The first-order valence-corrected chi connectivity index (χ1v) is 8.85. The molecular formula is C19H27ClN2O3. The van der Waals surface area contributed by atoms with Crippen molar-refractivity contribution in [2.75, 3.05) is 13.6 Å². The summed E-state index contributed by atoms with van der Waals surface area (Å²) in [5.41, 5.74) is 2.36. The molecule has 1 atom stereocenters. The first-order valence-electron chi connectivity index (χ1n) is 8.85. The topological polar surface area (TPSA) is 54.6 Å². The average Bonchev–Trinajstić information content (AvgIpc) is 3.18. The van der Waals surface area contributed by atoms with Crippen LogP contribution in [-0.4, -0.2) is 35.5 Å². The van der Waals surface area contributed by atoms with Crippen LogP contribution in [0.5, 0.6) is 5.75 Å². The van der Waals surface area contributed by atoms with Crippen molar-refractivity contribution in [1.29, 1.82) is 0 Å². The van der Waals surface area contributed by atoms with E-state index in [0.717, 1.165) is 30.2 Å². The van der Waals surface area contributed by atoms with Gasteiger partial charge in [0.2, 0.25) is 0 Å². The minimum Gasteiger partial charge on any atom is -0.361 e. The van der Waals surface area contributed by atoms with Gasteiger partial charge in [-0.1, -0.05) is 13.3 Å². The fourth-order valence-electron chi connectivity index (χ4n) is 3.33. The van der Waals surface area contributed by atoms with Crippen molar-refractivity contribution >= 4 is 29.3 Å². The van der Waals surface area contributed by atoms with Gasteiger partial charge in [-0.15, -0.1) is 12.4 Å². The molecule has 0 aliphatic carbocycles. The summed E-state index contributed by atoms with van der Waals surface area (Å²) in [7, 11) is 2.19. The number of benzene rings is 1. The summed E-state index contributed by atoms with van der Waals surface area (Å²) in [6.45, 7) is 3.21. The second-order valence-corrected chi connectivity index (χ2v) is 6.64. The van der Waals surface area contributed by atoms with Gasteiger partial charge in [0.15, 0.2) is 5.75 Å². The van der Waals surface area contributed by atoms with Crippen molar-refractivity contribution in [3.8, 4) is 5.75 Å². The van der Waals surface area contributed by atoms with Crippen molar-refractivity contribution in [3.05, 3.63) is 30.0 Å². The number of hydrogen-bond acceptors (Lipinski definition) is 4. The van der Waals surface area contributed by atoms with Crippen LogP contribution in [0.25, 0.3) is 10.9 Å². The number of carbonyl (C=O) groups is 1. The molecule has 0 spiro atoms. The third-order valence-electron chi connectivity index (χ3n) is 4.83. The lowest BCUT2D eigenvalue weighted by Gasteiger charge is -2.18. The first-order chi connectivity index (χ1) is 11.7. The van der Waals surface area contributed by atoms with Gasteiger partial charge in [-0.25, -0.2) is 4.79 Å². The second-order valence-electron chi connectivity index (χ2n) is 6.64. The Morgan fingerprint density at radius 3 is 2.96 bits per heavy atom. The lowest BCUT2D eigenvalue weighted by molar-refractivity contribution is -0.213. The van der Waals surface area contributed by atoms with Gasteiger partial charge >= 0.3 is 5.97 Å². The Hall–Kier alpha value is -1.72. The van der Waals surface area contributed by atoms with Gasteiger partial charge in [-0.3, -0.25) is 9.78 Å². The zero-order chi connectivity index (χ0) is 16.9. The molecule has 1 aromatic heterocycles. The summed E-state index contributed by atoms with van der Waals surface area (Å²) in [4.78, 5) is 27.4. The maximum Gasteiger partial charge on any atom is 0.355 e. The number of nitrogens with one attached hydrogen (secondary N) is 1. The molecule has 6 heteroatoms. The van der Waals surface area contributed by atoms with Crippen LogP contribution in [0.4, 0.5) is 0 Å². The Morgan fingerprint density at radius 2 is 2.24 bits per heavy atom. The highest BCUT2D eigenvalue weighted by Crippen LogP contribution is 2.27. The molecule has 0 saturated carbocycles. The van der Waals surface area contributed by atoms with E-state index in [0.29, 0.717) is 18.2 Å². The van der Waals surface area contributed by atoms with Crippen LogP contribution < -0.4 is 4.89 Å². The van der Waals surface area contributed by atoms with E-state index in [4.69, 9.17) is 9.78 Å². The van der Waals surface area contributed by atoms with E-state index in [-0.39, 0.29) is 18.4 Å². The van der Waals surface area contributed by atoms with Gasteiger partial charge in [0.05, 0.1) is 6.42 Å². The number of nitrogens with zero attached hydrogens (tertiary/aromatic N) is 1. The zero-order valence-corrected chi connectivity index (χ0v) is 15.7. The van der Waals surface area contributed by atoms with E-state index < -0.39 is 0 Å². The monoisotopic (exact) mass is 366 g/mol. The lowest BCUT2D eigenvalue weighted by atomic mass is 10.0. The Kier molecular flexibility index (Phi) is 7.14. The summed E-state index contributed by atoms with van der Waals surface area (Å²) in [6, 6.07) is 6.33. The molecule has 1 aliphatic heterocycles. The van der Waals surface area contributed by atoms with Crippen LogP contribution in [0.1, 0.15) is 44.6 Å². The fourth-order valence-corrected chi connectivity index (χ4v) is 3.33. The van der Waals surface area contributed by atoms with Gasteiger partial charge in [-0.05, 0) is 63.0 Å². The van der Waals surface area contributed by atoms with E-state index in [9.17, 15) is 4.79 Å². The molecule has 1 N–H and O–H groups in total. The summed E-state index contributed by atoms with van der Waals surface area (Å²) < 4.78 is 0. The average molecular weight is 367 g/mol. The van der Waals surface area contributed by atoms with Crippen molar-refractivity contribution in [2.45, 2.75) is 51.5 Å². The molecule has 1 aromatic carbocycles. The molecule has 1 saturated heterocycles. The van der Waals surface area contributed by atoms with Crippen LogP contribution in [-0.2, 0) is 16.1 Å². The molecule has 1 aliphatic rings. The highest BCUT2D eigenvalue weighted by molar-refractivity contribution is 5.85. The number of unbranched alkanes of at least 4 members (excludes halogenated alkanes) is 1. The van der Waals surface area contributed by atoms with Crippen LogP contribution in [0.3, 0.4) is 0 Å². The number of hydrogen-bond donors (Lipinski definition) is 1. The van der Waals surface area contributed by atoms with E-state index in [1.54, 1.807) is 0 Å². The third-order valence-corrected chi connectivity index (χ3v) is 4.83. The molecule has 0 radical (unpaired) electrons. The number of rotatable bonds is 7.